The second-order valence-electron chi connectivity index (χ2n) is 3.80. The van der Waals surface area contributed by atoms with Crippen molar-refractivity contribution in [3.8, 4) is 5.75 Å². The summed E-state index contributed by atoms with van der Waals surface area (Å²) in [4.78, 5) is 14.2. The van der Waals surface area contributed by atoms with Gasteiger partial charge in [-0.3, -0.25) is 4.79 Å². The fourth-order valence-corrected chi connectivity index (χ4v) is 1.85. The van der Waals surface area contributed by atoms with Gasteiger partial charge in [-0.25, -0.2) is 13.4 Å². The molecule has 0 unspecified atom stereocenters. The molecule has 0 aliphatic rings. The molecule has 1 rings (SSSR count). The van der Waals surface area contributed by atoms with Crippen LogP contribution >= 0.6 is 0 Å². The van der Waals surface area contributed by atoms with Crippen molar-refractivity contribution in [2.75, 3.05) is 12.4 Å². The molecular formula is C11H15NO4S. The van der Waals surface area contributed by atoms with Crippen molar-refractivity contribution in [1.82, 2.24) is 4.98 Å². The van der Waals surface area contributed by atoms with E-state index in [9.17, 15) is 13.2 Å². The quantitative estimate of drug-likeness (QED) is 0.713. The van der Waals surface area contributed by atoms with Gasteiger partial charge in [0.2, 0.25) is 0 Å². The Hall–Kier alpha value is -1.43. The maximum atomic E-state index is 11.5. The molecule has 0 atom stereocenters. The molecule has 0 aliphatic heterocycles. The van der Waals surface area contributed by atoms with Gasteiger partial charge in [0.15, 0.2) is 16.1 Å². The van der Waals surface area contributed by atoms with Gasteiger partial charge >= 0.3 is 0 Å². The lowest BCUT2D eigenvalue weighted by Crippen LogP contribution is -2.22. The number of rotatable bonds is 6. The van der Waals surface area contributed by atoms with Gasteiger partial charge in [0.05, 0.1) is 17.2 Å². The Kier molecular flexibility index (Phi) is 4.62. The minimum atomic E-state index is -3.08. The van der Waals surface area contributed by atoms with Crippen LogP contribution in [-0.2, 0) is 9.84 Å². The topological polar surface area (TPSA) is 73.3 Å². The second-order valence-corrected chi connectivity index (χ2v) is 6.48. The van der Waals surface area contributed by atoms with Gasteiger partial charge in [-0.2, -0.15) is 0 Å². The first-order valence-corrected chi connectivity index (χ1v) is 6.93. The molecule has 0 spiro atoms. The smallest absolute Gasteiger partial charge is 0.168 e. The van der Waals surface area contributed by atoms with Gasteiger partial charge < -0.3 is 4.74 Å². The van der Waals surface area contributed by atoms with Crippen LogP contribution in [0.5, 0.6) is 5.75 Å². The third-order valence-electron chi connectivity index (χ3n) is 2.23. The molecule has 1 aromatic heterocycles. The van der Waals surface area contributed by atoms with E-state index in [1.54, 1.807) is 19.9 Å². The van der Waals surface area contributed by atoms with E-state index in [0.717, 1.165) is 0 Å². The molecule has 0 amide bonds. The number of pyridine rings is 1. The number of sulfone groups is 1. The maximum absolute atomic E-state index is 11.5. The molecule has 1 aromatic rings. The molecular weight excluding hydrogens is 242 g/mol. The molecule has 0 radical (unpaired) electrons. The number of aromatic nitrogens is 1. The number of carbonyl (C=O) groups is 1. The van der Waals surface area contributed by atoms with Crippen molar-refractivity contribution < 1.29 is 17.9 Å². The van der Waals surface area contributed by atoms with E-state index in [1.807, 2.05) is 0 Å². The highest BCUT2D eigenvalue weighted by molar-refractivity contribution is 7.91. The summed E-state index contributed by atoms with van der Waals surface area (Å²) in [7, 11) is -3.08. The summed E-state index contributed by atoms with van der Waals surface area (Å²) < 4.78 is 28.2. The molecule has 0 N–H and O–H groups in total. The average Bonchev–Trinajstić information content (AvgIpc) is 2.29. The highest BCUT2D eigenvalue weighted by atomic mass is 32.2. The Bertz CT molecular complexity index is 465. The Labute approximate surface area is 101 Å². The van der Waals surface area contributed by atoms with Gasteiger partial charge in [-0.05, 0) is 26.0 Å². The monoisotopic (exact) mass is 257 g/mol. The summed E-state index contributed by atoms with van der Waals surface area (Å²) in [5.74, 6) is 0.426. The van der Waals surface area contributed by atoms with Crippen molar-refractivity contribution in [1.29, 1.82) is 0 Å². The highest BCUT2D eigenvalue weighted by Crippen LogP contribution is 2.09. The first-order valence-electron chi connectivity index (χ1n) is 5.21. The maximum Gasteiger partial charge on any atom is 0.168 e. The SMILES string of the molecule is CC(C)S(=O)(=O)CCOc1ccc(C=O)nc1. The van der Waals surface area contributed by atoms with Crippen molar-refractivity contribution in [3.63, 3.8) is 0 Å². The molecule has 94 valence electrons. The normalized spacial score (nSPS) is 11.5. The molecule has 0 saturated carbocycles. The summed E-state index contributed by atoms with van der Waals surface area (Å²) in [6.45, 7) is 3.36. The number of aldehydes is 1. The van der Waals surface area contributed by atoms with Crippen molar-refractivity contribution in [2.45, 2.75) is 19.1 Å². The van der Waals surface area contributed by atoms with Gasteiger partial charge in [0, 0.05) is 0 Å². The lowest BCUT2D eigenvalue weighted by molar-refractivity contribution is 0.111. The number of carbonyl (C=O) groups excluding carboxylic acids is 1. The van der Waals surface area contributed by atoms with Gasteiger partial charge in [-0.15, -0.1) is 0 Å². The minimum Gasteiger partial charge on any atom is -0.491 e. The molecule has 0 saturated heterocycles. The molecule has 17 heavy (non-hydrogen) atoms. The number of ether oxygens (including phenoxy) is 1. The van der Waals surface area contributed by atoms with E-state index in [2.05, 4.69) is 4.98 Å². The Morgan fingerprint density at radius 2 is 2.12 bits per heavy atom. The van der Waals surface area contributed by atoms with Gasteiger partial charge in [0.1, 0.15) is 18.1 Å². The van der Waals surface area contributed by atoms with E-state index >= 15 is 0 Å². The Balaban J connectivity index is 2.49. The van der Waals surface area contributed by atoms with Gasteiger partial charge in [-0.1, -0.05) is 0 Å². The zero-order chi connectivity index (χ0) is 12.9. The number of nitrogens with zero attached hydrogens (tertiary/aromatic N) is 1. The van der Waals surface area contributed by atoms with E-state index in [-0.39, 0.29) is 12.4 Å². The molecule has 0 bridgehead atoms. The summed E-state index contributed by atoms with van der Waals surface area (Å²) in [6, 6.07) is 3.10. The molecule has 1 heterocycles. The fourth-order valence-electron chi connectivity index (χ4n) is 1.06. The predicted molar refractivity (Wildman–Crippen MR) is 64.0 cm³/mol. The number of hydrogen-bond donors (Lipinski definition) is 0. The first kappa shape index (κ1) is 13.6. The van der Waals surface area contributed by atoms with Crippen LogP contribution in [0.15, 0.2) is 18.3 Å². The molecule has 0 aromatic carbocycles. The van der Waals surface area contributed by atoms with Crippen LogP contribution in [0.3, 0.4) is 0 Å². The summed E-state index contributed by atoms with van der Waals surface area (Å²) >= 11 is 0. The molecule has 6 heteroatoms. The van der Waals surface area contributed by atoms with Crippen molar-refractivity contribution in [3.05, 3.63) is 24.0 Å². The van der Waals surface area contributed by atoms with Crippen molar-refractivity contribution in [2.24, 2.45) is 0 Å². The van der Waals surface area contributed by atoms with Gasteiger partial charge in [0.25, 0.3) is 0 Å². The van der Waals surface area contributed by atoms with Crippen LogP contribution in [-0.4, -0.2) is 37.3 Å². The zero-order valence-corrected chi connectivity index (χ0v) is 10.6. The van der Waals surface area contributed by atoms with E-state index in [1.165, 1.54) is 12.3 Å². The summed E-state index contributed by atoms with van der Waals surface area (Å²) in [5, 5.41) is -0.401. The second kappa shape index (κ2) is 5.77. The lowest BCUT2D eigenvalue weighted by Gasteiger charge is -2.08. The third kappa shape index (κ3) is 4.14. The Morgan fingerprint density at radius 3 is 2.59 bits per heavy atom. The van der Waals surface area contributed by atoms with E-state index < -0.39 is 15.1 Å². The van der Waals surface area contributed by atoms with E-state index in [4.69, 9.17) is 4.74 Å². The minimum absolute atomic E-state index is 0.0277. The third-order valence-corrected chi connectivity index (χ3v) is 4.41. The van der Waals surface area contributed by atoms with Crippen molar-refractivity contribution >= 4 is 16.1 Å². The zero-order valence-electron chi connectivity index (χ0n) is 9.79. The van der Waals surface area contributed by atoms with E-state index in [0.29, 0.717) is 17.7 Å². The lowest BCUT2D eigenvalue weighted by atomic mass is 10.4. The van der Waals surface area contributed by atoms with Crippen LogP contribution < -0.4 is 4.74 Å². The standard InChI is InChI=1S/C11H15NO4S/c1-9(2)17(14,15)6-5-16-11-4-3-10(8-13)12-7-11/h3-4,7-9H,5-6H2,1-2H3. The Morgan fingerprint density at radius 1 is 1.41 bits per heavy atom. The summed E-state index contributed by atoms with van der Waals surface area (Å²) in [5.41, 5.74) is 0.312. The van der Waals surface area contributed by atoms with Crippen LogP contribution in [0.2, 0.25) is 0 Å². The van der Waals surface area contributed by atoms with Crippen LogP contribution in [0.25, 0.3) is 0 Å². The van der Waals surface area contributed by atoms with Crippen LogP contribution in [0, 0.1) is 0 Å². The highest BCUT2D eigenvalue weighted by Gasteiger charge is 2.15. The van der Waals surface area contributed by atoms with Crippen LogP contribution in [0.1, 0.15) is 24.3 Å². The predicted octanol–water partition coefficient (Wildman–Crippen LogP) is 1.10. The largest absolute Gasteiger partial charge is 0.491 e. The van der Waals surface area contributed by atoms with Crippen LogP contribution in [0.4, 0.5) is 0 Å². The molecule has 0 fully saturated rings. The first-order chi connectivity index (χ1) is 7.95. The number of hydrogen-bond acceptors (Lipinski definition) is 5. The average molecular weight is 257 g/mol. The summed E-state index contributed by atoms with van der Waals surface area (Å²) in [6.07, 6.45) is 2.03. The fraction of sp³-hybridized carbons (Fsp3) is 0.455. The molecule has 5 nitrogen and oxygen atoms in total. The molecule has 0 aliphatic carbocycles.